The normalized spacial score (nSPS) is 23.5. The van der Waals surface area contributed by atoms with E-state index in [1.807, 2.05) is 45.0 Å². The number of fused-ring (bicyclic) bond motifs is 2. The molecular weight excluding hydrogens is 905 g/mol. The largest absolute Gasteiger partial charge is 0.453 e. The first kappa shape index (κ1) is 49.2. The van der Waals surface area contributed by atoms with Crippen LogP contribution in [0.1, 0.15) is 138 Å². The third-order valence-corrected chi connectivity index (χ3v) is 16.8. The Kier molecular flexibility index (Phi) is 14.3. The maximum Gasteiger partial charge on any atom is 0.407 e. The maximum atomic E-state index is 14.5. The van der Waals surface area contributed by atoms with Gasteiger partial charge in [0.1, 0.15) is 23.7 Å². The van der Waals surface area contributed by atoms with E-state index < -0.39 is 24.3 Å². The maximum absolute atomic E-state index is 14.5. The number of likely N-dealkylation sites (tertiary alicyclic amines) is 2. The van der Waals surface area contributed by atoms with Gasteiger partial charge < -0.3 is 39.9 Å². The van der Waals surface area contributed by atoms with Gasteiger partial charge in [-0.15, -0.1) is 0 Å². The number of H-pyrrole nitrogens is 2. The van der Waals surface area contributed by atoms with Gasteiger partial charge in [0.15, 0.2) is 0 Å². The second kappa shape index (κ2) is 21.0. The number of aromatic amines is 2. The summed E-state index contributed by atoms with van der Waals surface area (Å²) in [7, 11) is 2.66. The lowest BCUT2D eigenvalue weighted by molar-refractivity contribution is -0.139. The van der Waals surface area contributed by atoms with Crippen molar-refractivity contribution in [3.05, 3.63) is 107 Å². The molecule has 4 unspecified atom stereocenters. The smallest absolute Gasteiger partial charge is 0.407 e. The number of amides is 4. The standard InChI is InChI=1S/C58H72N8O6/c1-33(2)51(63-57(69)71-5)55(67)65-47-13-9-7-11-41(47)29-49(65)53-59-31-45(61-53)40-25-23-38(24-26-40)43-27-35-15-19-37(43)20-16-36-18-22-39(21-17-35)44(28-36)46-32-60-54(62-46)50-30-42-12-8-10-14-48(42)66(50)56(68)52(34(3)4)64-58(70)72-6/h15,18-19,22-28,31-34,41-42,47-52H,7-14,16-17,20-21,29-30H2,1-6H3,(H,59,61)(H,60,62)(H,63,69)(H,64,70)/t41?,42?,47?,48?,49-,50-,51-,52-/m0/s1. The summed E-state index contributed by atoms with van der Waals surface area (Å²) in [5.41, 5.74) is 11.6. The van der Waals surface area contributed by atoms with E-state index in [0.717, 1.165) is 111 Å². The highest BCUT2D eigenvalue weighted by Gasteiger charge is 2.50. The molecule has 380 valence electrons. The summed E-state index contributed by atoms with van der Waals surface area (Å²) in [4.78, 5) is 74.9. The van der Waals surface area contributed by atoms with Crippen molar-refractivity contribution in [2.24, 2.45) is 23.7 Å². The molecule has 6 aliphatic carbocycles. The second-order valence-electron chi connectivity index (χ2n) is 21.9. The van der Waals surface area contributed by atoms with E-state index >= 15 is 0 Å². The van der Waals surface area contributed by atoms with E-state index in [1.54, 1.807) is 0 Å². The molecule has 8 atom stereocenters. The number of imidazole rings is 2. The Morgan fingerprint density at radius 2 is 1.01 bits per heavy atom. The van der Waals surface area contributed by atoms with Gasteiger partial charge in [0, 0.05) is 17.6 Å². The lowest BCUT2D eigenvalue weighted by Gasteiger charge is -2.36. The number of aryl methyl sites for hydroxylation is 4. The zero-order valence-electron chi connectivity index (χ0n) is 42.8. The van der Waals surface area contributed by atoms with Crippen LogP contribution < -0.4 is 10.6 Å². The molecule has 0 spiro atoms. The van der Waals surface area contributed by atoms with Crippen molar-refractivity contribution in [2.45, 2.75) is 154 Å². The first-order chi connectivity index (χ1) is 34.9. The van der Waals surface area contributed by atoms with Crippen LogP contribution in [0.4, 0.5) is 9.59 Å². The average Bonchev–Trinajstić information content (AvgIpc) is 4.22. The second-order valence-corrected chi connectivity index (χ2v) is 21.9. The molecule has 4 N–H and O–H groups in total. The van der Waals surface area contributed by atoms with Crippen LogP contribution in [0.5, 0.6) is 0 Å². The molecule has 2 saturated heterocycles. The molecule has 4 amide bonds. The predicted molar refractivity (Wildman–Crippen MR) is 277 cm³/mol. The van der Waals surface area contributed by atoms with E-state index in [-0.39, 0.29) is 47.8 Å². The van der Waals surface area contributed by atoms with Crippen LogP contribution in [-0.4, -0.2) is 92.1 Å². The average molecular weight is 977 g/mol. The molecule has 14 nitrogen and oxygen atoms in total. The quantitative estimate of drug-likeness (QED) is 0.101. The summed E-state index contributed by atoms with van der Waals surface area (Å²) < 4.78 is 9.84. The highest BCUT2D eigenvalue weighted by atomic mass is 16.5. The van der Waals surface area contributed by atoms with Crippen LogP contribution in [0.25, 0.3) is 33.6 Å². The van der Waals surface area contributed by atoms with Crippen molar-refractivity contribution >= 4 is 24.0 Å². The third-order valence-electron chi connectivity index (χ3n) is 16.8. The summed E-state index contributed by atoms with van der Waals surface area (Å²) in [6.45, 7) is 7.84. The van der Waals surface area contributed by atoms with Crippen molar-refractivity contribution in [2.75, 3.05) is 14.2 Å². The van der Waals surface area contributed by atoms with Gasteiger partial charge in [-0.05, 0) is 133 Å². The molecule has 2 aliphatic heterocycles. The molecule has 4 bridgehead atoms. The number of aromatic nitrogens is 4. The van der Waals surface area contributed by atoms with Crippen molar-refractivity contribution < 1.29 is 28.7 Å². The van der Waals surface area contributed by atoms with E-state index in [4.69, 9.17) is 19.4 Å². The summed E-state index contributed by atoms with van der Waals surface area (Å²) in [6.07, 6.45) is 16.4. The number of benzene rings is 3. The molecule has 13 rings (SSSR count). The number of methoxy groups -OCH3 is 2. The monoisotopic (exact) mass is 977 g/mol. The molecule has 2 aromatic heterocycles. The van der Waals surface area contributed by atoms with Gasteiger partial charge in [-0.3, -0.25) is 9.59 Å². The molecule has 4 heterocycles. The summed E-state index contributed by atoms with van der Waals surface area (Å²) in [5, 5.41) is 5.66. The van der Waals surface area contributed by atoms with Crippen molar-refractivity contribution in [1.82, 2.24) is 40.4 Å². The first-order valence-corrected chi connectivity index (χ1v) is 26.7. The van der Waals surface area contributed by atoms with Gasteiger partial charge in [-0.25, -0.2) is 19.6 Å². The Hall–Kier alpha value is -6.44. The fraction of sp³-hybridized carbons (Fsp3) is 0.517. The Balaban J connectivity index is 0.863. The van der Waals surface area contributed by atoms with Crippen LogP contribution in [-0.2, 0) is 44.7 Å². The van der Waals surface area contributed by atoms with E-state index in [0.29, 0.717) is 11.8 Å². The number of nitrogens with one attached hydrogen (secondary N) is 4. The van der Waals surface area contributed by atoms with Crippen LogP contribution in [0.2, 0.25) is 0 Å². The number of hydrogen-bond acceptors (Lipinski definition) is 8. The molecule has 4 fully saturated rings. The van der Waals surface area contributed by atoms with Crippen molar-refractivity contribution in [3.8, 4) is 33.6 Å². The van der Waals surface area contributed by atoms with Crippen molar-refractivity contribution in [3.63, 3.8) is 0 Å². The third kappa shape index (κ3) is 9.77. The van der Waals surface area contributed by atoms with Gasteiger partial charge in [-0.1, -0.05) is 108 Å². The number of nitrogens with zero attached hydrogens (tertiary/aromatic N) is 4. The number of rotatable bonds is 11. The lowest BCUT2D eigenvalue weighted by Crippen LogP contribution is -2.53. The van der Waals surface area contributed by atoms with E-state index in [9.17, 15) is 19.2 Å². The van der Waals surface area contributed by atoms with Crippen LogP contribution >= 0.6 is 0 Å². The Morgan fingerprint density at radius 1 is 0.569 bits per heavy atom. The zero-order valence-corrected chi connectivity index (χ0v) is 42.8. The topological polar surface area (TPSA) is 175 Å². The summed E-state index contributed by atoms with van der Waals surface area (Å²) >= 11 is 0. The number of hydrogen-bond donors (Lipinski definition) is 4. The summed E-state index contributed by atoms with van der Waals surface area (Å²) in [6, 6.07) is 21.1. The van der Waals surface area contributed by atoms with Crippen LogP contribution in [0.15, 0.2) is 73.1 Å². The van der Waals surface area contributed by atoms with E-state index in [1.165, 1.54) is 60.4 Å². The minimum absolute atomic E-state index is 0.0646. The van der Waals surface area contributed by atoms with Gasteiger partial charge in [-0.2, -0.15) is 0 Å². The van der Waals surface area contributed by atoms with Crippen LogP contribution in [0.3, 0.4) is 0 Å². The van der Waals surface area contributed by atoms with Gasteiger partial charge in [0.2, 0.25) is 11.8 Å². The SMILES string of the molecule is COC(=O)N[C@H](C(=O)N1C2CCCCC2C[C@H]1c1ncc(-c2ccc(-c3cc4ccc3CCc3ccc(c(-c5cnc([C@@H]6CC7CCCCC7N6C(=O)[C@@H](NC(=O)OC)C(C)C)[nH]5)c3)CC4)cc2)[nH]1)C(C)C. The molecule has 72 heavy (non-hydrogen) atoms. The Morgan fingerprint density at radius 3 is 1.51 bits per heavy atom. The molecular formula is C58H72N8O6. The zero-order chi connectivity index (χ0) is 50.2. The highest BCUT2D eigenvalue weighted by molar-refractivity contribution is 5.88. The summed E-state index contributed by atoms with van der Waals surface area (Å²) in [5.74, 6) is 2.04. The number of alkyl carbamates (subject to hydrolysis) is 2. The fourth-order valence-corrected chi connectivity index (χ4v) is 13.0. The molecule has 5 aromatic rings. The molecule has 3 aromatic carbocycles. The molecule has 14 heteroatoms. The molecule has 0 radical (unpaired) electrons. The van der Waals surface area contributed by atoms with Crippen LogP contribution in [0, 0.1) is 23.7 Å². The Bertz CT molecular complexity index is 2780. The molecule has 2 saturated carbocycles. The first-order valence-electron chi connectivity index (χ1n) is 26.7. The van der Waals surface area contributed by atoms with Gasteiger partial charge in [0.25, 0.3) is 0 Å². The lowest BCUT2D eigenvalue weighted by atomic mass is 9.84. The highest BCUT2D eigenvalue weighted by Crippen LogP contribution is 2.48. The van der Waals surface area contributed by atoms with Gasteiger partial charge in [0.05, 0.1) is 50.1 Å². The fourth-order valence-electron chi connectivity index (χ4n) is 13.0. The minimum atomic E-state index is -0.691. The number of carbonyl (C=O) groups excluding carboxylic acids is 4. The van der Waals surface area contributed by atoms with Crippen molar-refractivity contribution in [1.29, 1.82) is 0 Å². The minimum Gasteiger partial charge on any atom is -0.453 e. The van der Waals surface area contributed by atoms with Gasteiger partial charge >= 0.3 is 12.2 Å². The number of ether oxygens (including phenoxy) is 2. The van der Waals surface area contributed by atoms with E-state index in [2.05, 4.69) is 86.2 Å². The predicted octanol–water partition coefficient (Wildman–Crippen LogP) is 10.4. The molecule has 8 aliphatic rings. The number of carbonyl (C=O) groups is 4. The Labute approximate surface area is 423 Å².